The number of aliphatic carboxylic acids is 1. The summed E-state index contributed by atoms with van der Waals surface area (Å²) >= 11 is 0. The van der Waals surface area contributed by atoms with Crippen LogP contribution in [0.1, 0.15) is 46.9 Å². The van der Waals surface area contributed by atoms with Gasteiger partial charge in [-0.1, -0.05) is 25.1 Å². The number of hydrogen-bond donors (Lipinski definition) is 3. The van der Waals surface area contributed by atoms with E-state index in [9.17, 15) is 27.6 Å². The highest BCUT2D eigenvalue weighted by atomic mass is 19.4. The van der Waals surface area contributed by atoms with Gasteiger partial charge in [-0.25, -0.2) is 15.0 Å². The number of benzene rings is 1. The zero-order chi connectivity index (χ0) is 32.6. The predicted molar refractivity (Wildman–Crippen MR) is 158 cm³/mol. The maximum absolute atomic E-state index is 13.4. The molecule has 2 amide bonds. The molecule has 1 saturated heterocycles. The third-order valence-corrected chi connectivity index (χ3v) is 7.32. The normalized spacial score (nSPS) is 15.8. The lowest BCUT2D eigenvalue weighted by molar-refractivity contribution is -0.139. The van der Waals surface area contributed by atoms with E-state index in [2.05, 4.69) is 25.6 Å². The Bertz CT molecular complexity index is 1510. The number of carboxylic acids is 1. The number of likely N-dealkylation sites (tertiary alicyclic amines) is 1. The Balaban J connectivity index is 0.000000297. The van der Waals surface area contributed by atoms with Crippen LogP contribution in [-0.4, -0.2) is 82.1 Å². The maximum atomic E-state index is 13.4. The second-order valence-corrected chi connectivity index (χ2v) is 10.3. The van der Waals surface area contributed by atoms with Gasteiger partial charge in [0.2, 0.25) is 11.8 Å². The smallest absolute Gasteiger partial charge is 0.421 e. The molecule has 0 bridgehead atoms. The number of rotatable bonds is 8. The third kappa shape index (κ3) is 8.58. The summed E-state index contributed by atoms with van der Waals surface area (Å²) in [5, 5.41) is 14.0. The minimum absolute atomic E-state index is 0.0689. The first-order valence-corrected chi connectivity index (χ1v) is 14.3. The molecule has 1 aromatic carbocycles. The summed E-state index contributed by atoms with van der Waals surface area (Å²) in [6.07, 6.45) is 0.178. The van der Waals surface area contributed by atoms with Gasteiger partial charge in [0.05, 0.1) is 24.7 Å². The molecule has 2 aromatic heterocycles. The first-order valence-electron chi connectivity index (χ1n) is 14.3. The summed E-state index contributed by atoms with van der Waals surface area (Å²) in [5.74, 6) is -1.09. The molecule has 2 aliphatic rings. The molecular formula is C30H34F3N7O5. The number of carbonyl (C=O) groups is 3. The molecule has 5 rings (SSSR count). The number of anilines is 2. The van der Waals surface area contributed by atoms with Crippen LogP contribution < -0.4 is 20.3 Å². The highest BCUT2D eigenvalue weighted by molar-refractivity contribution is 5.95. The number of halogens is 3. The summed E-state index contributed by atoms with van der Waals surface area (Å²) < 4.78 is 45.1. The van der Waals surface area contributed by atoms with E-state index < -0.39 is 23.6 Å². The van der Waals surface area contributed by atoms with E-state index in [0.717, 1.165) is 23.7 Å². The summed E-state index contributed by atoms with van der Waals surface area (Å²) in [6, 6.07) is 9.60. The molecule has 2 aliphatic heterocycles. The molecule has 0 spiro atoms. The van der Waals surface area contributed by atoms with Gasteiger partial charge >= 0.3 is 12.1 Å². The Hall–Kier alpha value is -4.95. The molecule has 45 heavy (non-hydrogen) atoms. The third-order valence-electron chi connectivity index (χ3n) is 7.32. The van der Waals surface area contributed by atoms with Crippen LogP contribution in [0.5, 0.6) is 5.88 Å². The number of pyridine rings is 1. The van der Waals surface area contributed by atoms with Crippen molar-refractivity contribution < 1.29 is 37.4 Å². The summed E-state index contributed by atoms with van der Waals surface area (Å²) in [6.45, 7) is 3.66. The van der Waals surface area contributed by atoms with Crippen LogP contribution in [0.3, 0.4) is 0 Å². The second kappa shape index (κ2) is 14.7. The van der Waals surface area contributed by atoms with E-state index in [0.29, 0.717) is 56.1 Å². The fourth-order valence-corrected chi connectivity index (χ4v) is 5.03. The second-order valence-electron chi connectivity index (χ2n) is 10.3. The van der Waals surface area contributed by atoms with Crippen molar-refractivity contribution in [1.82, 2.24) is 25.2 Å². The molecule has 1 atom stereocenters. The standard InChI is InChI=1S/C21H25F3N6O2.C9H9NO3/c1-3-18(31)30-6-4-13(10-30)28-19-15-11-29(7-5-17(15)26-12-27-19)14-8-16(21(22,23)24)20(32-2)25-9-14;11-8(12)6-10-9(13)7-4-2-1-3-5-7/h8-9,12-13H,3-7,10-11H2,1-2H3,(H,26,27,28);1-5H,6H2,(H,10,13)(H,11,12). The summed E-state index contributed by atoms with van der Waals surface area (Å²) in [4.78, 5) is 49.5. The minimum atomic E-state index is -4.57. The number of carbonyl (C=O) groups excluding carboxylic acids is 2. The molecule has 12 nitrogen and oxygen atoms in total. The monoisotopic (exact) mass is 629 g/mol. The number of hydrogen-bond acceptors (Lipinski definition) is 9. The average molecular weight is 630 g/mol. The minimum Gasteiger partial charge on any atom is -0.481 e. The first kappa shape index (κ1) is 33.0. The van der Waals surface area contributed by atoms with Gasteiger partial charge in [-0.05, 0) is 24.6 Å². The zero-order valence-electron chi connectivity index (χ0n) is 24.8. The van der Waals surface area contributed by atoms with Crippen molar-refractivity contribution in [3.63, 3.8) is 0 Å². The van der Waals surface area contributed by atoms with E-state index >= 15 is 0 Å². The molecule has 15 heteroatoms. The highest BCUT2D eigenvalue weighted by Crippen LogP contribution is 2.38. The van der Waals surface area contributed by atoms with Gasteiger partial charge in [0, 0.05) is 56.2 Å². The molecule has 3 N–H and O–H groups in total. The van der Waals surface area contributed by atoms with Gasteiger partial charge in [-0.2, -0.15) is 13.2 Å². The molecule has 4 heterocycles. The van der Waals surface area contributed by atoms with E-state index in [1.165, 1.54) is 19.6 Å². The number of aromatic nitrogens is 3. The van der Waals surface area contributed by atoms with Crippen LogP contribution in [0.25, 0.3) is 0 Å². The number of fused-ring (bicyclic) bond motifs is 1. The average Bonchev–Trinajstić information content (AvgIpc) is 3.51. The molecule has 0 radical (unpaired) electrons. The Morgan fingerprint density at radius 2 is 1.87 bits per heavy atom. The lowest BCUT2D eigenvalue weighted by Crippen LogP contribution is -2.34. The molecule has 0 saturated carbocycles. The molecule has 240 valence electrons. The lowest BCUT2D eigenvalue weighted by atomic mass is 10.0. The van der Waals surface area contributed by atoms with Crippen molar-refractivity contribution in [1.29, 1.82) is 0 Å². The van der Waals surface area contributed by atoms with Gasteiger partial charge in [0.25, 0.3) is 5.91 Å². The molecular weight excluding hydrogens is 595 g/mol. The van der Waals surface area contributed by atoms with Crippen molar-refractivity contribution in [3.05, 3.63) is 71.3 Å². The number of alkyl halides is 3. The van der Waals surface area contributed by atoms with Gasteiger partial charge in [-0.15, -0.1) is 0 Å². The lowest BCUT2D eigenvalue weighted by Gasteiger charge is -2.31. The Kier molecular flexibility index (Phi) is 10.8. The summed E-state index contributed by atoms with van der Waals surface area (Å²) in [7, 11) is 1.17. The molecule has 1 unspecified atom stereocenters. The topological polar surface area (TPSA) is 150 Å². The van der Waals surface area contributed by atoms with E-state index in [1.54, 1.807) is 30.3 Å². The van der Waals surface area contributed by atoms with Crippen molar-refractivity contribution in [2.75, 3.05) is 43.5 Å². The number of nitrogens with one attached hydrogen (secondary N) is 2. The van der Waals surface area contributed by atoms with E-state index in [1.807, 2.05) is 16.7 Å². The van der Waals surface area contributed by atoms with Gasteiger partial charge in [0.1, 0.15) is 24.3 Å². The Labute approximate surface area is 257 Å². The van der Waals surface area contributed by atoms with Crippen LogP contribution in [0.15, 0.2) is 48.9 Å². The fraction of sp³-hybridized carbons (Fsp3) is 0.400. The van der Waals surface area contributed by atoms with Gasteiger partial charge < -0.3 is 30.3 Å². The van der Waals surface area contributed by atoms with Gasteiger partial charge in [0.15, 0.2) is 0 Å². The van der Waals surface area contributed by atoms with Crippen molar-refractivity contribution >= 4 is 29.3 Å². The first-order chi connectivity index (χ1) is 21.5. The van der Waals surface area contributed by atoms with Crippen LogP contribution in [0, 0.1) is 0 Å². The van der Waals surface area contributed by atoms with Crippen LogP contribution >= 0.6 is 0 Å². The Morgan fingerprint density at radius 1 is 1.11 bits per heavy atom. The fourth-order valence-electron chi connectivity index (χ4n) is 5.03. The molecule has 1 fully saturated rings. The van der Waals surface area contributed by atoms with Crippen LogP contribution in [-0.2, 0) is 28.7 Å². The number of carboxylic acid groups (broad SMARTS) is 1. The number of nitrogens with zero attached hydrogens (tertiary/aromatic N) is 5. The number of methoxy groups -OCH3 is 1. The highest BCUT2D eigenvalue weighted by Gasteiger charge is 2.36. The van der Waals surface area contributed by atoms with Crippen molar-refractivity contribution in [3.8, 4) is 5.88 Å². The molecule has 0 aliphatic carbocycles. The quantitative estimate of drug-likeness (QED) is 0.339. The van der Waals surface area contributed by atoms with Crippen molar-refractivity contribution in [2.45, 2.75) is 44.9 Å². The SMILES string of the molecule is CCC(=O)N1CCC(Nc2ncnc3c2CN(c2cnc(OC)c(C(F)(F)F)c2)CC3)C1.O=C(O)CNC(=O)c1ccccc1. The Morgan fingerprint density at radius 3 is 2.53 bits per heavy atom. The zero-order valence-corrected chi connectivity index (χ0v) is 24.8. The van der Waals surface area contributed by atoms with Crippen LogP contribution in [0.2, 0.25) is 0 Å². The maximum Gasteiger partial charge on any atom is 0.421 e. The van der Waals surface area contributed by atoms with Gasteiger partial charge in [-0.3, -0.25) is 14.4 Å². The largest absolute Gasteiger partial charge is 0.481 e. The van der Waals surface area contributed by atoms with Crippen molar-refractivity contribution in [2.24, 2.45) is 0 Å². The van der Waals surface area contributed by atoms with E-state index in [-0.39, 0.29) is 24.4 Å². The van der Waals surface area contributed by atoms with Crippen LogP contribution in [0.4, 0.5) is 24.7 Å². The predicted octanol–water partition coefficient (Wildman–Crippen LogP) is 3.39. The van der Waals surface area contributed by atoms with E-state index in [4.69, 9.17) is 9.84 Å². The number of ether oxygens (including phenoxy) is 1. The number of amides is 2. The summed E-state index contributed by atoms with van der Waals surface area (Å²) in [5.41, 5.74) is 1.64. The molecule has 3 aromatic rings.